The van der Waals surface area contributed by atoms with Gasteiger partial charge in [0, 0.05) is 83.1 Å². The number of nitrogens with one attached hydrogen (secondary N) is 3. The van der Waals surface area contributed by atoms with Crippen LogP contribution < -0.4 is 10.6 Å². The minimum Gasteiger partial charge on any atom is -0.480 e. The van der Waals surface area contributed by atoms with Crippen molar-refractivity contribution in [2.45, 2.75) is 25.9 Å². The topological polar surface area (TPSA) is 187 Å². The normalized spacial score (nSPS) is 15.6. The summed E-state index contributed by atoms with van der Waals surface area (Å²) in [5.74, 6) is -1.97. The highest BCUT2D eigenvalue weighted by atomic mass is 35.5. The zero-order valence-corrected chi connectivity index (χ0v) is 30.9. The Labute approximate surface area is 318 Å². The van der Waals surface area contributed by atoms with Gasteiger partial charge in [0.05, 0.1) is 34.6 Å². The van der Waals surface area contributed by atoms with E-state index in [9.17, 15) is 37.5 Å². The molecule has 1 atom stereocenters. The van der Waals surface area contributed by atoms with E-state index in [1.807, 2.05) is 11.8 Å². The minimum absolute atomic E-state index is 0.0131. The monoisotopic (exact) mass is 787 g/mol. The minimum atomic E-state index is -4.81. The molecule has 2 aliphatic heterocycles. The summed E-state index contributed by atoms with van der Waals surface area (Å²) in [6.07, 6.45) is 1.45. The number of aromatic amines is 1. The number of amides is 3. The zero-order chi connectivity index (χ0) is 39.4. The van der Waals surface area contributed by atoms with Gasteiger partial charge in [-0.1, -0.05) is 18.5 Å². The Balaban J connectivity index is 1.05. The molecule has 1 aromatic carbocycles. The Morgan fingerprint density at radius 1 is 1.11 bits per heavy atom. The van der Waals surface area contributed by atoms with Gasteiger partial charge in [-0.25, -0.2) is 14.6 Å². The Hall–Kier alpha value is -5.27. The van der Waals surface area contributed by atoms with Gasteiger partial charge in [-0.05, 0) is 43.5 Å². The van der Waals surface area contributed by atoms with Crippen molar-refractivity contribution in [2.75, 3.05) is 64.2 Å². The number of benzene rings is 1. The second-order valence-electron chi connectivity index (χ2n) is 13.6. The van der Waals surface area contributed by atoms with Crippen LogP contribution in [0.3, 0.4) is 0 Å². The molecule has 4 aromatic rings. The Morgan fingerprint density at radius 2 is 1.84 bits per heavy atom. The fourth-order valence-electron chi connectivity index (χ4n) is 6.75. The summed E-state index contributed by atoms with van der Waals surface area (Å²) in [6, 6.07) is 4.35. The second-order valence-corrected chi connectivity index (χ2v) is 14.0. The smallest absolute Gasteiger partial charge is 0.435 e. The lowest BCUT2D eigenvalue weighted by molar-refractivity contribution is -0.141. The van der Waals surface area contributed by atoms with Crippen molar-refractivity contribution in [1.29, 1.82) is 0 Å². The average molecular weight is 788 g/mol. The summed E-state index contributed by atoms with van der Waals surface area (Å²) < 4.78 is 44.0. The zero-order valence-electron chi connectivity index (χ0n) is 30.1. The van der Waals surface area contributed by atoms with Gasteiger partial charge < -0.3 is 35.1 Å². The number of anilines is 1. The van der Waals surface area contributed by atoms with Crippen LogP contribution in [0.2, 0.25) is 5.02 Å². The molecule has 6 rings (SSSR count). The molecular weight excluding hydrogens is 747 g/mol. The van der Waals surface area contributed by atoms with Crippen LogP contribution in [0, 0.1) is 11.8 Å². The molecule has 55 heavy (non-hydrogen) atoms. The summed E-state index contributed by atoms with van der Waals surface area (Å²) in [5, 5.41) is 18.9. The summed E-state index contributed by atoms with van der Waals surface area (Å²) in [6.45, 7) is 6.00. The van der Waals surface area contributed by atoms with Gasteiger partial charge in [0.25, 0.3) is 11.8 Å². The molecule has 20 heteroatoms. The van der Waals surface area contributed by atoms with E-state index >= 15 is 0 Å². The van der Waals surface area contributed by atoms with Crippen LogP contribution in [0.15, 0.2) is 43.0 Å². The number of H-pyrrole nitrogens is 1. The molecule has 294 valence electrons. The lowest BCUT2D eigenvalue weighted by Gasteiger charge is -2.37. The number of carbonyl (C=O) groups excluding carboxylic acids is 3. The molecule has 3 aromatic heterocycles. The average Bonchev–Trinajstić information content (AvgIpc) is 3.90. The first-order valence-electron chi connectivity index (χ1n) is 17.8. The van der Waals surface area contributed by atoms with Crippen LogP contribution in [-0.4, -0.2) is 132 Å². The molecule has 0 spiro atoms. The molecule has 4 N–H and O–H groups in total. The standard InChI is InChI=1S/C35H41ClF3N11O5/c1-3-22(6-9-47(20-28(51)52)18-21-15-40-16-21)32(54)48-10-12-49(13-11-48)33(55)24-5-4-23(14-26(24)36)44-31(53)30-43-17-27(46(30)2)25-19-50(34-41-7-8-42-34)45-29(25)35(37,38)39/h4-5,7-8,14,17,19,21-22,40H,3,6,9-13,15-16,18,20H2,1-2H3,(H,41,42)(H,44,53)(H,51,52). The molecule has 0 saturated carbocycles. The van der Waals surface area contributed by atoms with Gasteiger partial charge in [0.15, 0.2) is 11.5 Å². The van der Waals surface area contributed by atoms with Gasteiger partial charge in [-0.3, -0.25) is 24.1 Å². The number of nitrogens with zero attached hydrogens (tertiary/aromatic N) is 8. The third kappa shape index (κ3) is 9.00. The first-order valence-corrected chi connectivity index (χ1v) is 18.1. The van der Waals surface area contributed by atoms with Crippen LogP contribution in [0.25, 0.3) is 17.2 Å². The third-order valence-electron chi connectivity index (χ3n) is 9.86. The van der Waals surface area contributed by atoms with Gasteiger partial charge in [-0.15, -0.1) is 0 Å². The number of imidazole rings is 2. The molecule has 5 heterocycles. The predicted molar refractivity (Wildman–Crippen MR) is 194 cm³/mol. The Morgan fingerprint density at radius 3 is 2.44 bits per heavy atom. The summed E-state index contributed by atoms with van der Waals surface area (Å²) >= 11 is 6.52. The fourth-order valence-corrected chi connectivity index (χ4v) is 7.01. The van der Waals surface area contributed by atoms with Crippen LogP contribution in [0.4, 0.5) is 18.9 Å². The highest BCUT2D eigenvalue weighted by Gasteiger charge is 2.39. The first kappa shape index (κ1) is 39.4. The SMILES string of the molecule is CCC(CCN(CC(=O)O)CC1CNC1)C(=O)N1CCN(C(=O)c2ccc(NC(=O)c3ncc(-c4cn(-c5ncc[nH]5)nc4C(F)(F)F)n3C)cc2Cl)CC1. The molecule has 0 radical (unpaired) electrons. The van der Waals surface area contributed by atoms with E-state index in [1.54, 1.807) is 9.80 Å². The number of aliphatic carboxylic acids is 1. The fraction of sp³-hybridized carbons (Fsp3) is 0.457. The number of aromatic nitrogens is 6. The van der Waals surface area contributed by atoms with E-state index < -0.39 is 23.7 Å². The van der Waals surface area contributed by atoms with Crippen molar-refractivity contribution in [3.8, 4) is 17.2 Å². The maximum atomic E-state index is 13.9. The van der Waals surface area contributed by atoms with Crippen molar-refractivity contribution in [3.63, 3.8) is 0 Å². The van der Waals surface area contributed by atoms with E-state index in [0.29, 0.717) is 44.9 Å². The first-order chi connectivity index (χ1) is 26.2. The highest BCUT2D eigenvalue weighted by molar-refractivity contribution is 6.34. The maximum absolute atomic E-state index is 13.9. The summed E-state index contributed by atoms with van der Waals surface area (Å²) in [7, 11) is 1.40. The molecule has 1 unspecified atom stereocenters. The number of rotatable bonds is 14. The van der Waals surface area contributed by atoms with Crippen LogP contribution in [0.1, 0.15) is 46.4 Å². The number of carboxylic acid groups (broad SMARTS) is 1. The Bertz CT molecular complexity index is 2020. The van der Waals surface area contributed by atoms with Crippen LogP contribution >= 0.6 is 11.6 Å². The molecule has 2 saturated heterocycles. The summed E-state index contributed by atoms with van der Waals surface area (Å²) in [5.41, 5.74) is -1.08. The second kappa shape index (κ2) is 16.6. The molecule has 2 aliphatic rings. The maximum Gasteiger partial charge on any atom is 0.435 e. The summed E-state index contributed by atoms with van der Waals surface area (Å²) in [4.78, 5) is 67.5. The quantitative estimate of drug-likeness (QED) is 0.148. The Kier molecular flexibility index (Phi) is 11.9. The predicted octanol–water partition coefficient (Wildman–Crippen LogP) is 3.23. The molecule has 16 nitrogen and oxygen atoms in total. The van der Waals surface area contributed by atoms with Gasteiger partial charge >= 0.3 is 12.1 Å². The molecular formula is C35H41ClF3N11O5. The lowest BCUT2D eigenvalue weighted by atomic mass is 9.98. The third-order valence-corrected chi connectivity index (χ3v) is 10.2. The van der Waals surface area contributed by atoms with E-state index in [2.05, 4.69) is 30.7 Å². The van der Waals surface area contributed by atoms with Crippen LogP contribution in [-0.2, 0) is 22.8 Å². The van der Waals surface area contributed by atoms with E-state index in [4.69, 9.17) is 11.6 Å². The van der Waals surface area contributed by atoms with E-state index in [1.165, 1.54) is 42.2 Å². The van der Waals surface area contributed by atoms with Gasteiger partial charge in [-0.2, -0.15) is 18.3 Å². The lowest BCUT2D eigenvalue weighted by Crippen LogP contribution is -2.52. The van der Waals surface area contributed by atoms with Gasteiger partial charge in [0.2, 0.25) is 11.9 Å². The molecule has 0 aliphatic carbocycles. The van der Waals surface area contributed by atoms with Crippen molar-refractivity contribution < 1.29 is 37.5 Å². The molecule has 2 fully saturated rings. The number of hydrogen-bond acceptors (Lipinski definition) is 9. The largest absolute Gasteiger partial charge is 0.480 e. The van der Waals surface area contributed by atoms with E-state index in [-0.39, 0.29) is 76.7 Å². The number of alkyl halides is 3. The molecule has 3 amide bonds. The number of hydrogen-bond donors (Lipinski definition) is 4. The van der Waals surface area contributed by atoms with Crippen molar-refractivity contribution in [3.05, 3.63) is 65.1 Å². The molecule has 0 bridgehead atoms. The van der Waals surface area contributed by atoms with Crippen LogP contribution in [0.5, 0.6) is 0 Å². The van der Waals surface area contributed by atoms with Crippen molar-refractivity contribution >= 4 is 41.0 Å². The van der Waals surface area contributed by atoms with Crippen molar-refractivity contribution in [2.24, 2.45) is 18.9 Å². The van der Waals surface area contributed by atoms with Crippen molar-refractivity contribution in [1.82, 2.24) is 49.3 Å². The number of carbonyl (C=O) groups is 4. The number of piperazine rings is 1. The van der Waals surface area contributed by atoms with Gasteiger partial charge in [0.1, 0.15) is 0 Å². The number of halogens is 4. The number of carboxylic acids is 1. The van der Waals surface area contributed by atoms with E-state index in [0.717, 1.165) is 30.2 Å². The highest BCUT2D eigenvalue weighted by Crippen LogP contribution is 2.37.